The average Bonchev–Trinajstić information content (AvgIpc) is 2.30. The Morgan fingerprint density at radius 1 is 1.42 bits per heavy atom. The van der Waals surface area contributed by atoms with Gasteiger partial charge in [0.2, 0.25) is 5.82 Å². The molecule has 104 valence electrons. The van der Waals surface area contributed by atoms with Crippen LogP contribution in [0.1, 0.15) is 19.4 Å². The summed E-state index contributed by atoms with van der Waals surface area (Å²) in [5, 5.41) is 10.7. The smallest absolute Gasteiger partial charge is 0.305 e. The van der Waals surface area contributed by atoms with Crippen molar-refractivity contribution in [2.24, 2.45) is 0 Å². The van der Waals surface area contributed by atoms with E-state index in [0.717, 1.165) is 0 Å². The lowest BCUT2D eigenvalue weighted by Crippen LogP contribution is -2.44. The molecule has 0 aliphatic carbocycles. The zero-order valence-electron chi connectivity index (χ0n) is 11.0. The number of hydrogen-bond donors (Lipinski definition) is 0. The Labute approximate surface area is 111 Å². The molecular formula is C13H17FN2O3. The van der Waals surface area contributed by atoms with Gasteiger partial charge < -0.3 is 4.74 Å². The third-order valence-electron chi connectivity index (χ3n) is 3.14. The van der Waals surface area contributed by atoms with Crippen LogP contribution in [0.2, 0.25) is 0 Å². The maximum atomic E-state index is 14.0. The van der Waals surface area contributed by atoms with Crippen molar-refractivity contribution in [2.45, 2.75) is 32.6 Å². The highest BCUT2D eigenvalue weighted by Gasteiger charge is 2.24. The van der Waals surface area contributed by atoms with Crippen LogP contribution in [0.5, 0.6) is 0 Å². The Hall–Kier alpha value is -1.53. The molecule has 0 amide bonds. The monoisotopic (exact) mass is 268 g/mol. The van der Waals surface area contributed by atoms with Crippen molar-refractivity contribution in [1.82, 2.24) is 4.90 Å². The number of nitro benzene ring substituents is 1. The summed E-state index contributed by atoms with van der Waals surface area (Å²) in [5.74, 6) is -0.737. The zero-order valence-corrected chi connectivity index (χ0v) is 11.0. The second kappa shape index (κ2) is 5.63. The lowest BCUT2D eigenvalue weighted by molar-refractivity contribution is -0.387. The first-order valence-electron chi connectivity index (χ1n) is 6.27. The summed E-state index contributed by atoms with van der Waals surface area (Å²) in [6.45, 7) is 5.70. The molecule has 0 aromatic heterocycles. The summed E-state index contributed by atoms with van der Waals surface area (Å²) in [7, 11) is 0. The van der Waals surface area contributed by atoms with E-state index in [1.54, 1.807) is 6.07 Å². The number of halogens is 1. The largest absolute Gasteiger partial charge is 0.373 e. The third-order valence-corrected chi connectivity index (χ3v) is 3.14. The summed E-state index contributed by atoms with van der Waals surface area (Å²) in [6.07, 6.45) is 0.177. The summed E-state index contributed by atoms with van der Waals surface area (Å²) in [4.78, 5) is 12.1. The van der Waals surface area contributed by atoms with Gasteiger partial charge in [0.1, 0.15) is 0 Å². The van der Waals surface area contributed by atoms with Gasteiger partial charge in [-0.25, -0.2) is 0 Å². The molecule has 1 heterocycles. The van der Waals surface area contributed by atoms with Crippen LogP contribution in [0.25, 0.3) is 0 Å². The van der Waals surface area contributed by atoms with Crippen molar-refractivity contribution < 1.29 is 14.1 Å². The van der Waals surface area contributed by atoms with Gasteiger partial charge in [-0.05, 0) is 13.8 Å². The molecular weight excluding hydrogens is 251 g/mol. The van der Waals surface area contributed by atoms with E-state index in [1.807, 2.05) is 13.8 Å². The van der Waals surface area contributed by atoms with Crippen LogP contribution in [0, 0.1) is 15.9 Å². The van der Waals surface area contributed by atoms with Crippen LogP contribution < -0.4 is 0 Å². The number of ether oxygens (including phenoxy) is 1. The average molecular weight is 268 g/mol. The highest BCUT2D eigenvalue weighted by Crippen LogP contribution is 2.22. The van der Waals surface area contributed by atoms with E-state index in [1.165, 1.54) is 12.1 Å². The molecule has 1 aromatic carbocycles. The van der Waals surface area contributed by atoms with Crippen molar-refractivity contribution in [1.29, 1.82) is 0 Å². The molecule has 1 aliphatic heterocycles. The number of benzene rings is 1. The van der Waals surface area contributed by atoms with E-state index in [0.29, 0.717) is 25.2 Å². The van der Waals surface area contributed by atoms with E-state index in [2.05, 4.69) is 4.90 Å². The molecule has 1 saturated heterocycles. The summed E-state index contributed by atoms with van der Waals surface area (Å²) < 4.78 is 19.6. The van der Waals surface area contributed by atoms with Gasteiger partial charge in [-0.1, -0.05) is 12.1 Å². The van der Waals surface area contributed by atoms with Crippen LogP contribution in [0.3, 0.4) is 0 Å². The molecule has 2 rings (SSSR count). The molecule has 2 unspecified atom stereocenters. The maximum absolute atomic E-state index is 14.0. The van der Waals surface area contributed by atoms with E-state index in [4.69, 9.17) is 4.74 Å². The van der Waals surface area contributed by atoms with E-state index in [9.17, 15) is 14.5 Å². The normalized spacial score (nSPS) is 24.4. The fourth-order valence-corrected chi connectivity index (χ4v) is 2.48. The minimum absolute atomic E-state index is 0.0884. The number of hydrogen-bond acceptors (Lipinski definition) is 4. The number of rotatable bonds is 3. The van der Waals surface area contributed by atoms with Gasteiger partial charge in [0.25, 0.3) is 0 Å². The molecule has 0 N–H and O–H groups in total. The molecule has 19 heavy (non-hydrogen) atoms. The lowest BCUT2D eigenvalue weighted by atomic mass is 10.1. The van der Waals surface area contributed by atoms with Gasteiger partial charge in [0.15, 0.2) is 0 Å². The van der Waals surface area contributed by atoms with Gasteiger partial charge >= 0.3 is 5.69 Å². The first-order valence-corrected chi connectivity index (χ1v) is 6.27. The fourth-order valence-electron chi connectivity index (χ4n) is 2.48. The van der Waals surface area contributed by atoms with Gasteiger partial charge in [-0.15, -0.1) is 0 Å². The Morgan fingerprint density at radius 3 is 2.63 bits per heavy atom. The Bertz CT molecular complexity index is 471. The first kappa shape index (κ1) is 13.9. The fraction of sp³-hybridized carbons (Fsp3) is 0.538. The minimum atomic E-state index is -0.737. The number of nitrogens with zero attached hydrogens (tertiary/aromatic N) is 2. The molecule has 2 atom stereocenters. The van der Waals surface area contributed by atoms with Crippen molar-refractivity contribution in [3.8, 4) is 0 Å². The molecule has 6 heteroatoms. The van der Waals surface area contributed by atoms with Crippen LogP contribution >= 0.6 is 0 Å². The van der Waals surface area contributed by atoms with Crippen LogP contribution in [-0.4, -0.2) is 35.1 Å². The van der Waals surface area contributed by atoms with Crippen molar-refractivity contribution in [3.63, 3.8) is 0 Å². The molecule has 1 fully saturated rings. The summed E-state index contributed by atoms with van der Waals surface area (Å²) >= 11 is 0. The number of morpholine rings is 1. The molecule has 1 aromatic rings. The van der Waals surface area contributed by atoms with Crippen molar-refractivity contribution in [3.05, 3.63) is 39.7 Å². The van der Waals surface area contributed by atoms with E-state index in [-0.39, 0.29) is 12.2 Å². The van der Waals surface area contributed by atoms with Crippen LogP contribution in [0.15, 0.2) is 18.2 Å². The van der Waals surface area contributed by atoms with Crippen LogP contribution in [-0.2, 0) is 11.3 Å². The standard InChI is InChI=1S/C13H17FN2O3/c1-9-6-15(7-10(2)19-9)8-11-4-3-5-12(13(11)14)16(17)18/h3-5,9-10H,6-8H2,1-2H3. The van der Waals surface area contributed by atoms with Crippen molar-refractivity contribution in [2.75, 3.05) is 13.1 Å². The predicted molar refractivity (Wildman–Crippen MR) is 68.3 cm³/mol. The Morgan fingerprint density at radius 2 is 2.05 bits per heavy atom. The van der Waals surface area contributed by atoms with Gasteiger partial charge in [0.05, 0.1) is 17.1 Å². The van der Waals surface area contributed by atoms with E-state index >= 15 is 0 Å². The van der Waals surface area contributed by atoms with Gasteiger partial charge in [-0.3, -0.25) is 15.0 Å². The number of nitro groups is 1. The Kier molecular flexibility index (Phi) is 4.11. The lowest BCUT2D eigenvalue weighted by Gasteiger charge is -2.35. The van der Waals surface area contributed by atoms with Gasteiger partial charge in [0, 0.05) is 31.3 Å². The quantitative estimate of drug-likeness (QED) is 0.623. The van der Waals surface area contributed by atoms with Crippen molar-refractivity contribution >= 4 is 5.69 Å². The topological polar surface area (TPSA) is 55.6 Å². The summed E-state index contributed by atoms with van der Waals surface area (Å²) in [6, 6.07) is 4.29. The molecule has 0 bridgehead atoms. The molecule has 5 nitrogen and oxygen atoms in total. The molecule has 0 saturated carbocycles. The summed E-state index contributed by atoms with van der Waals surface area (Å²) in [5.41, 5.74) is -0.109. The second-order valence-electron chi connectivity index (χ2n) is 4.96. The minimum Gasteiger partial charge on any atom is -0.373 e. The Balaban J connectivity index is 2.15. The molecule has 0 radical (unpaired) electrons. The SMILES string of the molecule is CC1CN(Cc2cccc([N+](=O)[O-])c2F)CC(C)O1. The van der Waals surface area contributed by atoms with Gasteiger partial charge in [-0.2, -0.15) is 4.39 Å². The van der Waals surface area contributed by atoms with E-state index < -0.39 is 16.4 Å². The molecule has 0 spiro atoms. The second-order valence-corrected chi connectivity index (χ2v) is 4.96. The highest BCUT2D eigenvalue weighted by molar-refractivity contribution is 5.36. The molecule has 1 aliphatic rings. The van der Waals surface area contributed by atoms with Crippen LogP contribution in [0.4, 0.5) is 10.1 Å². The zero-order chi connectivity index (χ0) is 14.0. The first-order chi connectivity index (χ1) is 8.97. The highest BCUT2D eigenvalue weighted by atomic mass is 19.1. The maximum Gasteiger partial charge on any atom is 0.305 e. The predicted octanol–water partition coefficient (Wildman–Crippen LogP) is 2.34. The third kappa shape index (κ3) is 3.27.